The Balaban J connectivity index is 1.60. The monoisotopic (exact) mass is 355 g/mol. The fourth-order valence-corrected chi connectivity index (χ4v) is 2.55. The van der Waals surface area contributed by atoms with Gasteiger partial charge in [-0.15, -0.1) is 5.10 Å². The summed E-state index contributed by atoms with van der Waals surface area (Å²) in [5, 5.41) is 14.8. The van der Waals surface area contributed by atoms with Crippen LogP contribution in [0.2, 0.25) is 5.02 Å². The molecule has 6 nitrogen and oxygen atoms in total. The van der Waals surface area contributed by atoms with Gasteiger partial charge in [0.1, 0.15) is 5.75 Å². The van der Waals surface area contributed by atoms with E-state index in [2.05, 4.69) is 37.9 Å². The molecule has 0 unspecified atom stereocenters. The minimum absolute atomic E-state index is 0.394. The molecule has 0 atom stereocenters. The van der Waals surface area contributed by atoms with Crippen LogP contribution in [-0.2, 0) is 6.42 Å². The van der Waals surface area contributed by atoms with Crippen molar-refractivity contribution in [3.63, 3.8) is 0 Å². The zero-order valence-corrected chi connectivity index (χ0v) is 14.5. The second kappa shape index (κ2) is 8.30. The van der Waals surface area contributed by atoms with Crippen molar-refractivity contribution in [3.8, 4) is 5.75 Å². The molecule has 3 rings (SSSR count). The highest BCUT2D eigenvalue weighted by atomic mass is 35.5. The molecule has 0 fully saturated rings. The molecule has 2 aromatic carbocycles. The molecule has 0 spiro atoms. The zero-order chi connectivity index (χ0) is 17.5. The molecule has 1 heterocycles. The normalized spacial score (nSPS) is 10.3. The van der Waals surface area contributed by atoms with Crippen LogP contribution in [0.1, 0.15) is 5.56 Å². The molecule has 1 aromatic heterocycles. The summed E-state index contributed by atoms with van der Waals surface area (Å²) < 4.78 is 5.14. The third kappa shape index (κ3) is 4.81. The van der Waals surface area contributed by atoms with Crippen molar-refractivity contribution in [1.82, 2.24) is 15.2 Å². The average Bonchev–Trinajstić information content (AvgIpc) is 2.63. The van der Waals surface area contributed by atoms with E-state index in [9.17, 15) is 0 Å². The van der Waals surface area contributed by atoms with Crippen molar-refractivity contribution in [2.75, 3.05) is 24.3 Å². The van der Waals surface area contributed by atoms with Gasteiger partial charge in [-0.05, 0) is 30.2 Å². The highest BCUT2D eigenvalue weighted by Crippen LogP contribution is 2.28. The van der Waals surface area contributed by atoms with Gasteiger partial charge in [-0.2, -0.15) is 10.1 Å². The second-order valence-corrected chi connectivity index (χ2v) is 5.71. The summed E-state index contributed by atoms with van der Waals surface area (Å²) >= 11 is 6.12. The largest absolute Gasteiger partial charge is 0.495 e. The maximum absolute atomic E-state index is 6.12. The van der Waals surface area contributed by atoms with Gasteiger partial charge >= 0.3 is 0 Å². The van der Waals surface area contributed by atoms with Crippen molar-refractivity contribution in [1.29, 1.82) is 0 Å². The molecule has 0 radical (unpaired) electrons. The molecule has 7 heteroatoms. The van der Waals surface area contributed by atoms with Crippen LogP contribution in [0.25, 0.3) is 0 Å². The molecular formula is C18H18ClN5O. The first-order valence-electron chi connectivity index (χ1n) is 7.82. The standard InChI is InChI=1S/C18H18ClN5O/c1-25-16-8-7-14(11-15(16)19)22-18-23-17(12-21-24-18)20-10-9-13-5-3-2-4-6-13/h2-8,11-12H,9-10H2,1H3,(H2,20,22,23,24). The predicted molar refractivity (Wildman–Crippen MR) is 99.7 cm³/mol. The Kier molecular flexibility index (Phi) is 5.64. The topological polar surface area (TPSA) is 72.0 Å². The molecule has 0 aliphatic heterocycles. The van der Waals surface area contributed by atoms with Crippen LogP contribution in [0.4, 0.5) is 17.5 Å². The summed E-state index contributed by atoms with van der Waals surface area (Å²) in [7, 11) is 1.58. The maximum Gasteiger partial charge on any atom is 0.249 e. The minimum atomic E-state index is 0.394. The molecule has 0 amide bonds. The number of halogens is 1. The molecule has 3 aromatic rings. The summed E-state index contributed by atoms with van der Waals surface area (Å²) in [6.07, 6.45) is 2.50. The Morgan fingerprint density at radius 2 is 1.96 bits per heavy atom. The lowest BCUT2D eigenvalue weighted by Gasteiger charge is -2.09. The summed E-state index contributed by atoms with van der Waals surface area (Å²) in [6.45, 7) is 0.760. The van der Waals surface area contributed by atoms with E-state index in [0.29, 0.717) is 22.5 Å². The summed E-state index contributed by atoms with van der Waals surface area (Å²) in [5.41, 5.74) is 2.03. The SMILES string of the molecule is COc1ccc(Nc2nncc(NCCc3ccccc3)n2)cc1Cl. The van der Waals surface area contributed by atoms with Crippen LogP contribution in [-0.4, -0.2) is 28.8 Å². The van der Waals surface area contributed by atoms with E-state index in [1.165, 1.54) is 5.56 Å². The molecule has 2 N–H and O–H groups in total. The van der Waals surface area contributed by atoms with E-state index in [-0.39, 0.29) is 0 Å². The number of hydrogen-bond donors (Lipinski definition) is 2. The fourth-order valence-electron chi connectivity index (χ4n) is 2.29. The predicted octanol–water partition coefficient (Wildman–Crippen LogP) is 3.93. The first-order chi connectivity index (χ1) is 12.2. The molecular weight excluding hydrogens is 338 g/mol. The zero-order valence-electron chi connectivity index (χ0n) is 13.7. The Bertz CT molecular complexity index is 829. The van der Waals surface area contributed by atoms with Gasteiger partial charge in [0.05, 0.1) is 18.3 Å². The van der Waals surface area contributed by atoms with Crippen LogP contribution in [0.3, 0.4) is 0 Å². The van der Waals surface area contributed by atoms with Crippen LogP contribution in [0.5, 0.6) is 5.75 Å². The highest BCUT2D eigenvalue weighted by Gasteiger charge is 2.05. The van der Waals surface area contributed by atoms with Gasteiger partial charge in [0.2, 0.25) is 5.95 Å². The molecule has 25 heavy (non-hydrogen) atoms. The van der Waals surface area contributed by atoms with E-state index in [1.807, 2.05) is 24.3 Å². The van der Waals surface area contributed by atoms with E-state index < -0.39 is 0 Å². The molecule has 0 aliphatic carbocycles. The van der Waals surface area contributed by atoms with E-state index >= 15 is 0 Å². The first-order valence-corrected chi connectivity index (χ1v) is 8.20. The Hall–Kier alpha value is -2.86. The summed E-state index contributed by atoms with van der Waals surface area (Å²) in [5.74, 6) is 1.67. The molecule has 128 valence electrons. The first kappa shape index (κ1) is 17.0. The number of methoxy groups -OCH3 is 1. The van der Waals surface area contributed by atoms with Crippen LogP contribution >= 0.6 is 11.6 Å². The lowest BCUT2D eigenvalue weighted by Crippen LogP contribution is -2.08. The van der Waals surface area contributed by atoms with Gasteiger partial charge < -0.3 is 15.4 Å². The summed E-state index contributed by atoms with van der Waals surface area (Å²) in [4.78, 5) is 4.40. The third-order valence-corrected chi connectivity index (χ3v) is 3.82. The lowest BCUT2D eigenvalue weighted by atomic mass is 10.1. The van der Waals surface area contributed by atoms with Crippen LogP contribution < -0.4 is 15.4 Å². The van der Waals surface area contributed by atoms with E-state index in [1.54, 1.807) is 25.4 Å². The molecule has 0 aliphatic rings. The van der Waals surface area contributed by atoms with E-state index in [4.69, 9.17) is 16.3 Å². The number of ether oxygens (including phenoxy) is 1. The van der Waals surface area contributed by atoms with Crippen molar-refractivity contribution in [2.24, 2.45) is 0 Å². The smallest absolute Gasteiger partial charge is 0.249 e. The number of rotatable bonds is 7. The Labute approximate surface area is 151 Å². The van der Waals surface area contributed by atoms with Gasteiger partial charge in [0, 0.05) is 12.2 Å². The van der Waals surface area contributed by atoms with Gasteiger partial charge in [-0.25, -0.2) is 0 Å². The third-order valence-electron chi connectivity index (χ3n) is 3.53. The molecule has 0 bridgehead atoms. The summed E-state index contributed by atoms with van der Waals surface area (Å²) in [6, 6.07) is 15.6. The van der Waals surface area contributed by atoms with Crippen LogP contribution in [0.15, 0.2) is 54.7 Å². The second-order valence-electron chi connectivity index (χ2n) is 5.30. The highest BCUT2D eigenvalue weighted by molar-refractivity contribution is 6.32. The van der Waals surface area contributed by atoms with Gasteiger partial charge in [-0.3, -0.25) is 0 Å². The van der Waals surface area contributed by atoms with Crippen molar-refractivity contribution >= 4 is 29.1 Å². The number of hydrogen-bond acceptors (Lipinski definition) is 6. The number of nitrogens with one attached hydrogen (secondary N) is 2. The Morgan fingerprint density at radius 1 is 1.12 bits per heavy atom. The Morgan fingerprint density at radius 3 is 2.72 bits per heavy atom. The maximum atomic E-state index is 6.12. The number of anilines is 3. The minimum Gasteiger partial charge on any atom is -0.495 e. The number of nitrogens with zero attached hydrogens (tertiary/aromatic N) is 3. The molecule has 0 saturated heterocycles. The fraction of sp³-hybridized carbons (Fsp3) is 0.167. The lowest BCUT2D eigenvalue weighted by molar-refractivity contribution is 0.415. The van der Waals surface area contributed by atoms with E-state index in [0.717, 1.165) is 18.7 Å². The van der Waals surface area contributed by atoms with Crippen molar-refractivity contribution in [3.05, 3.63) is 65.3 Å². The van der Waals surface area contributed by atoms with Crippen molar-refractivity contribution < 1.29 is 4.74 Å². The van der Waals surface area contributed by atoms with Gasteiger partial charge in [0.25, 0.3) is 0 Å². The van der Waals surface area contributed by atoms with Crippen molar-refractivity contribution in [2.45, 2.75) is 6.42 Å². The number of benzene rings is 2. The quantitative estimate of drug-likeness (QED) is 0.669. The van der Waals surface area contributed by atoms with Crippen LogP contribution in [0, 0.1) is 0 Å². The molecule has 0 saturated carbocycles. The van der Waals surface area contributed by atoms with Gasteiger partial charge in [-0.1, -0.05) is 41.9 Å². The van der Waals surface area contributed by atoms with Gasteiger partial charge in [0.15, 0.2) is 5.82 Å². The average molecular weight is 356 g/mol. The number of aromatic nitrogens is 3.